The third kappa shape index (κ3) is 4.63. The van der Waals surface area contributed by atoms with Gasteiger partial charge in [-0.05, 0) is 12.8 Å². The fourth-order valence-electron chi connectivity index (χ4n) is 2.16. The quantitative estimate of drug-likeness (QED) is 0.323. The van der Waals surface area contributed by atoms with E-state index in [0.717, 1.165) is 25.7 Å². The van der Waals surface area contributed by atoms with Crippen molar-refractivity contribution >= 4 is 16.0 Å². The van der Waals surface area contributed by atoms with Gasteiger partial charge in [0.1, 0.15) is 5.84 Å². The summed E-state index contributed by atoms with van der Waals surface area (Å²) in [4.78, 5) is 0. The van der Waals surface area contributed by atoms with Gasteiger partial charge in [0.05, 0.1) is 0 Å². The number of amidine groups is 1. The molecule has 3 N–H and O–H groups in total. The molecule has 0 aromatic carbocycles. The number of rotatable bonds is 6. The number of hydrogen-bond acceptors (Lipinski definition) is 4. The molecule has 0 unspecified atom stereocenters. The van der Waals surface area contributed by atoms with Gasteiger partial charge in [0, 0.05) is 32.6 Å². The highest BCUT2D eigenvalue weighted by atomic mass is 32.2. The Morgan fingerprint density at radius 2 is 1.89 bits per heavy atom. The lowest BCUT2D eigenvalue weighted by Gasteiger charge is -2.28. The highest BCUT2D eigenvalue weighted by Gasteiger charge is 2.28. The topological polar surface area (TPSA) is 99.2 Å². The summed E-state index contributed by atoms with van der Waals surface area (Å²) in [6, 6.07) is 0. The number of oxime groups is 1. The number of nitrogens with two attached hydrogens (primary N) is 1. The van der Waals surface area contributed by atoms with Gasteiger partial charge in [-0.15, -0.1) is 0 Å². The van der Waals surface area contributed by atoms with Crippen LogP contribution in [-0.4, -0.2) is 54.3 Å². The SMILES string of the molecule is CCN(CCC(N)=NO)S(=O)(=O)N1CCCCCC1. The van der Waals surface area contributed by atoms with E-state index >= 15 is 0 Å². The molecule has 0 radical (unpaired) electrons. The van der Waals surface area contributed by atoms with E-state index in [-0.39, 0.29) is 18.8 Å². The molecule has 1 rings (SSSR count). The van der Waals surface area contributed by atoms with Gasteiger partial charge in [-0.25, -0.2) is 0 Å². The van der Waals surface area contributed by atoms with E-state index in [0.29, 0.717) is 19.6 Å². The molecule has 0 atom stereocenters. The monoisotopic (exact) mass is 292 g/mol. The molecule has 0 aromatic heterocycles. The second kappa shape index (κ2) is 7.66. The first-order valence-corrected chi connectivity index (χ1v) is 8.13. The van der Waals surface area contributed by atoms with Gasteiger partial charge in [0.2, 0.25) is 0 Å². The maximum Gasteiger partial charge on any atom is 0.281 e. The Hall–Kier alpha value is -0.860. The Kier molecular flexibility index (Phi) is 6.53. The lowest BCUT2D eigenvalue weighted by atomic mass is 10.2. The molecule has 0 aromatic rings. The average molecular weight is 292 g/mol. The molecule has 19 heavy (non-hydrogen) atoms. The number of nitrogens with zero attached hydrogens (tertiary/aromatic N) is 3. The predicted octanol–water partition coefficient (Wildman–Crippen LogP) is 0.566. The molecule has 1 saturated heterocycles. The van der Waals surface area contributed by atoms with Crippen molar-refractivity contribution in [2.45, 2.75) is 39.0 Å². The van der Waals surface area contributed by atoms with Crippen LogP contribution in [0.3, 0.4) is 0 Å². The van der Waals surface area contributed by atoms with Crippen LogP contribution in [0.4, 0.5) is 0 Å². The molecule has 0 aliphatic carbocycles. The van der Waals surface area contributed by atoms with Crippen LogP contribution in [0.2, 0.25) is 0 Å². The average Bonchev–Trinajstić information content (AvgIpc) is 2.68. The fourth-order valence-corrected chi connectivity index (χ4v) is 3.86. The van der Waals surface area contributed by atoms with Crippen LogP contribution in [0.5, 0.6) is 0 Å². The summed E-state index contributed by atoms with van der Waals surface area (Å²) in [5.41, 5.74) is 5.39. The second-order valence-corrected chi connectivity index (χ2v) is 6.58. The highest BCUT2D eigenvalue weighted by molar-refractivity contribution is 7.86. The van der Waals surface area contributed by atoms with E-state index in [1.807, 2.05) is 0 Å². The summed E-state index contributed by atoms with van der Waals surface area (Å²) in [6.45, 7) is 3.59. The van der Waals surface area contributed by atoms with Crippen molar-refractivity contribution in [3.05, 3.63) is 0 Å². The van der Waals surface area contributed by atoms with Crippen LogP contribution in [0.15, 0.2) is 5.16 Å². The molecule has 8 heteroatoms. The van der Waals surface area contributed by atoms with Gasteiger partial charge in [0.25, 0.3) is 10.2 Å². The summed E-state index contributed by atoms with van der Waals surface area (Å²) in [6.07, 6.45) is 4.23. The first kappa shape index (κ1) is 16.2. The van der Waals surface area contributed by atoms with E-state index in [2.05, 4.69) is 5.16 Å². The van der Waals surface area contributed by atoms with E-state index in [9.17, 15) is 8.42 Å². The van der Waals surface area contributed by atoms with Crippen LogP contribution in [0.1, 0.15) is 39.0 Å². The van der Waals surface area contributed by atoms with Crippen LogP contribution in [0, 0.1) is 0 Å². The van der Waals surface area contributed by atoms with Crippen molar-refractivity contribution in [1.82, 2.24) is 8.61 Å². The van der Waals surface area contributed by atoms with Crippen LogP contribution in [0.25, 0.3) is 0 Å². The maximum absolute atomic E-state index is 12.5. The van der Waals surface area contributed by atoms with Crippen molar-refractivity contribution in [2.24, 2.45) is 10.9 Å². The van der Waals surface area contributed by atoms with Gasteiger partial charge in [-0.3, -0.25) is 0 Å². The summed E-state index contributed by atoms with van der Waals surface area (Å²) in [5, 5.41) is 11.4. The van der Waals surface area contributed by atoms with Gasteiger partial charge < -0.3 is 10.9 Å². The van der Waals surface area contributed by atoms with Crippen molar-refractivity contribution in [3.63, 3.8) is 0 Å². The Balaban J connectivity index is 2.70. The highest BCUT2D eigenvalue weighted by Crippen LogP contribution is 2.16. The van der Waals surface area contributed by atoms with Crippen LogP contribution >= 0.6 is 0 Å². The van der Waals surface area contributed by atoms with Crippen molar-refractivity contribution < 1.29 is 13.6 Å². The third-order valence-electron chi connectivity index (χ3n) is 3.32. The zero-order valence-electron chi connectivity index (χ0n) is 11.5. The Morgan fingerprint density at radius 1 is 1.32 bits per heavy atom. The van der Waals surface area contributed by atoms with Crippen LogP contribution < -0.4 is 5.73 Å². The first-order chi connectivity index (χ1) is 9.02. The molecule has 1 aliphatic rings. The smallest absolute Gasteiger partial charge is 0.281 e. The molecule has 7 nitrogen and oxygen atoms in total. The van der Waals surface area contributed by atoms with Crippen molar-refractivity contribution in [3.8, 4) is 0 Å². The van der Waals surface area contributed by atoms with Gasteiger partial charge in [-0.1, -0.05) is 24.9 Å². The molecular formula is C11H24N4O3S. The lowest BCUT2D eigenvalue weighted by molar-refractivity contribution is 0.314. The van der Waals surface area contributed by atoms with Crippen molar-refractivity contribution in [2.75, 3.05) is 26.2 Å². The van der Waals surface area contributed by atoms with E-state index in [1.54, 1.807) is 11.2 Å². The minimum atomic E-state index is -3.43. The molecule has 0 amide bonds. The molecular weight excluding hydrogens is 268 g/mol. The van der Waals surface area contributed by atoms with Crippen molar-refractivity contribution in [1.29, 1.82) is 0 Å². The molecule has 1 fully saturated rings. The first-order valence-electron chi connectivity index (χ1n) is 6.74. The zero-order chi connectivity index (χ0) is 14.3. The fraction of sp³-hybridized carbons (Fsp3) is 0.909. The van der Waals surface area contributed by atoms with Gasteiger partial charge in [0.15, 0.2) is 0 Å². The summed E-state index contributed by atoms with van der Waals surface area (Å²) >= 11 is 0. The maximum atomic E-state index is 12.5. The molecule has 112 valence electrons. The standard InChI is InChI=1S/C11H24N4O3S/c1-2-14(10-7-11(12)13-16)19(17,18)15-8-5-3-4-6-9-15/h16H,2-10H2,1H3,(H2,12,13). The Morgan fingerprint density at radius 3 is 2.37 bits per heavy atom. The van der Waals surface area contributed by atoms with Crippen LogP contribution in [-0.2, 0) is 10.2 Å². The summed E-state index contributed by atoms with van der Waals surface area (Å²) in [7, 11) is -3.43. The molecule has 0 saturated carbocycles. The zero-order valence-corrected chi connectivity index (χ0v) is 12.3. The minimum absolute atomic E-state index is 0.0458. The molecule has 0 spiro atoms. The van der Waals surface area contributed by atoms with E-state index < -0.39 is 10.2 Å². The Labute approximate surface area is 115 Å². The normalized spacial score (nSPS) is 19.6. The largest absolute Gasteiger partial charge is 0.409 e. The van der Waals surface area contributed by atoms with E-state index in [4.69, 9.17) is 10.9 Å². The third-order valence-corrected chi connectivity index (χ3v) is 5.43. The Bertz CT molecular complexity index is 389. The molecule has 1 aliphatic heterocycles. The van der Waals surface area contributed by atoms with Gasteiger partial charge >= 0.3 is 0 Å². The van der Waals surface area contributed by atoms with Gasteiger partial charge in [-0.2, -0.15) is 17.0 Å². The minimum Gasteiger partial charge on any atom is -0.409 e. The predicted molar refractivity (Wildman–Crippen MR) is 74.2 cm³/mol. The van der Waals surface area contributed by atoms with E-state index in [1.165, 1.54) is 4.31 Å². The second-order valence-electron chi connectivity index (χ2n) is 4.65. The summed E-state index contributed by atoms with van der Waals surface area (Å²) in [5.74, 6) is 0.0458. The molecule has 1 heterocycles. The number of hydrogen-bond donors (Lipinski definition) is 2. The lowest BCUT2D eigenvalue weighted by Crippen LogP contribution is -2.45. The molecule has 0 bridgehead atoms. The summed E-state index contributed by atoms with van der Waals surface area (Å²) < 4.78 is 27.9.